The van der Waals surface area contributed by atoms with E-state index in [4.69, 9.17) is 23.8 Å². The summed E-state index contributed by atoms with van der Waals surface area (Å²) in [6.45, 7) is 2.24. The van der Waals surface area contributed by atoms with Gasteiger partial charge in [0.25, 0.3) is 5.91 Å². The van der Waals surface area contributed by atoms with Crippen LogP contribution < -0.4 is 28.9 Å². The molecule has 2 saturated heterocycles. The number of nitrogens with zero attached hydrogens (tertiary/aromatic N) is 2. The van der Waals surface area contributed by atoms with Crippen LogP contribution in [0.2, 0.25) is 0 Å². The van der Waals surface area contributed by atoms with Crippen molar-refractivity contribution >= 4 is 23.2 Å². The monoisotopic (exact) mass is 504 g/mol. The molecule has 2 amide bonds. The minimum atomic E-state index is -1.04. The van der Waals surface area contributed by atoms with Gasteiger partial charge in [-0.3, -0.25) is 14.4 Å². The van der Waals surface area contributed by atoms with E-state index in [0.717, 1.165) is 0 Å². The Morgan fingerprint density at radius 3 is 2.16 bits per heavy atom. The average molecular weight is 505 g/mol. The Labute approximate surface area is 215 Å². The second-order valence-electron chi connectivity index (χ2n) is 8.49. The number of carbonyl (C=O) groups excluding carboxylic acids is 2. The smallest absolute Gasteiger partial charge is 0.266 e. The van der Waals surface area contributed by atoms with Gasteiger partial charge >= 0.3 is 0 Å². The van der Waals surface area contributed by atoms with Crippen LogP contribution in [0.15, 0.2) is 66.7 Å². The van der Waals surface area contributed by atoms with Crippen molar-refractivity contribution in [3.63, 3.8) is 0 Å². The quantitative estimate of drug-likeness (QED) is 0.423. The molecule has 2 aliphatic rings. The predicted molar refractivity (Wildman–Crippen MR) is 136 cm³/mol. The molecule has 0 aromatic heterocycles. The SMILES string of the molecule is CCOc1ccccc1N1C(=O)[C@@H]2[C@@H](c3ccc(OC)c(OC)c3OC)N(c3ccccc3)O[C@H]2C1=O. The number of ether oxygens (including phenoxy) is 4. The topological polar surface area (TPSA) is 86.8 Å². The number of anilines is 2. The maximum Gasteiger partial charge on any atom is 0.266 e. The van der Waals surface area contributed by atoms with Crippen molar-refractivity contribution < 1.29 is 33.4 Å². The number of imide groups is 1. The first-order valence-electron chi connectivity index (χ1n) is 11.9. The lowest BCUT2D eigenvalue weighted by atomic mass is 9.89. The van der Waals surface area contributed by atoms with E-state index in [2.05, 4.69) is 0 Å². The van der Waals surface area contributed by atoms with E-state index in [1.165, 1.54) is 26.2 Å². The van der Waals surface area contributed by atoms with Crippen molar-refractivity contribution in [2.45, 2.75) is 19.1 Å². The molecule has 0 N–H and O–H groups in total. The molecule has 5 rings (SSSR count). The molecule has 3 atom stereocenters. The largest absolute Gasteiger partial charge is 0.493 e. The summed E-state index contributed by atoms with van der Waals surface area (Å²) < 4.78 is 22.5. The number of benzene rings is 3. The third kappa shape index (κ3) is 3.92. The molecule has 9 nitrogen and oxygen atoms in total. The first kappa shape index (κ1) is 24.5. The lowest BCUT2D eigenvalue weighted by Gasteiger charge is -2.30. The number of para-hydroxylation sites is 3. The van der Waals surface area contributed by atoms with Gasteiger partial charge in [0.05, 0.1) is 39.3 Å². The molecular weight excluding hydrogens is 476 g/mol. The van der Waals surface area contributed by atoms with E-state index < -0.39 is 24.0 Å². The highest BCUT2D eigenvalue weighted by Gasteiger charge is 2.61. The number of rotatable bonds is 8. The van der Waals surface area contributed by atoms with Gasteiger partial charge < -0.3 is 18.9 Å². The maximum atomic E-state index is 14.0. The number of hydroxylamine groups is 1. The molecule has 3 aromatic rings. The number of fused-ring (bicyclic) bond motifs is 1. The summed E-state index contributed by atoms with van der Waals surface area (Å²) in [5.74, 6) is 0.0133. The Bertz CT molecular complexity index is 1310. The van der Waals surface area contributed by atoms with Crippen molar-refractivity contribution in [3.8, 4) is 23.0 Å². The fraction of sp³-hybridized carbons (Fsp3) is 0.286. The van der Waals surface area contributed by atoms with Crippen molar-refractivity contribution in [2.24, 2.45) is 5.92 Å². The number of hydrogen-bond acceptors (Lipinski definition) is 8. The van der Waals surface area contributed by atoms with Crippen molar-refractivity contribution in [3.05, 3.63) is 72.3 Å². The van der Waals surface area contributed by atoms with Crippen LogP contribution in [0.5, 0.6) is 23.0 Å². The highest BCUT2D eigenvalue weighted by Crippen LogP contribution is 2.53. The van der Waals surface area contributed by atoms with Crippen LogP contribution in [0.1, 0.15) is 18.5 Å². The van der Waals surface area contributed by atoms with Gasteiger partial charge in [0.1, 0.15) is 17.7 Å². The normalized spacial score (nSPS) is 20.7. The third-order valence-corrected chi connectivity index (χ3v) is 6.59. The van der Waals surface area contributed by atoms with Gasteiger partial charge in [-0.05, 0) is 43.3 Å². The van der Waals surface area contributed by atoms with E-state index in [9.17, 15) is 9.59 Å². The lowest BCUT2D eigenvalue weighted by molar-refractivity contribution is -0.126. The summed E-state index contributed by atoms with van der Waals surface area (Å²) in [6.07, 6.45) is -1.04. The summed E-state index contributed by atoms with van der Waals surface area (Å²) in [6, 6.07) is 19.2. The number of amides is 2. The van der Waals surface area contributed by atoms with Crippen LogP contribution in [0.3, 0.4) is 0 Å². The Hall–Kier alpha value is -4.24. The summed E-state index contributed by atoms with van der Waals surface area (Å²) in [7, 11) is 4.58. The molecule has 192 valence electrons. The molecule has 37 heavy (non-hydrogen) atoms. The molecule has 2 fully saturated rings. The zero-order valence-electron chi connectivity index (χ0n) is 21.0. The highest BCUT2D eigenvalue weighted by molar-refractivity contribution is 6.24. The molecule has 0 spiro atoms. The van der Waals surface area contributed by atoms with Crippen LogP contribution in [-0.2, 0) is 14.4 Å². The summed E-state index contributed by atoms with van der Waals surface area (Å²) in [4.78, 5) is 35.2. The molecule has 9 heteroatoms. The Morgan fingerprint density at radius 1 is 0.784 bits per heavy atom. The first-order chi connectivity index (χ1) is 18.0. The Balaban J connectivity index is 1.66. The van der Waals surface area contributed by atoms with Crippen LogP contribution >= 0.6 is 0 Å². The van der Waals surface area contributed by atoms with Crippen LogP contribution in [0.4, 0.5) is 11.4 Å². The van der Waals surface area contributed by atoms with Crippen LogP contribution in [0.25, 0.3) is 0 Å². The average Bonchev–Trinajstić information content (AvgIpc) is 3.44. The van der Waals surface area contributed by atoms with E-state index in [-0.39, 0.29) is 5.91 Å². The summed E-state index contributed by atoms with van der Waals surface area (Å²) in [5.41, 5.74) is 1.71. The second kappa shape index (κ2) is 10.0. The van der Waals surface area contributed by atoms with Gasteiger partial charge in [0.2, 0.25) is 11.7 Å². The zero-order chi connectivity index (χ0) is 26.1. The molecule has 0 radical (unpaired) electrons. The molecule has 0 bridgehead atoms. The fourth-order valence-corrected chi connectivity index (χ4v) is 5.04. The number of carbonyl (C=O) groups is 2. The fourth-order valence-electron chi connectivity index (χ4n) is 5.04. The summed E-state index contributed by atoms with van der Waals surface area (Å²) in [5, 5.41) is 1.61. The lowest BCUT2D eigenvalue weighted by Crippen LogP contribution is -2.37. The number of hydrogen-bond donors (Lipinski definition) is 0. The van der Waals surface area contributed by atoms with Crippen molar-refractivity contribution in [1.29, 1.82) is 0 Å². The van der Waals surface area contributed by atoms with E-state index in [1.807, 2.05) is 37.3 Å². The Kier molecular flexibility index (Phi) is 6.62. The molecule has 0 aliphatic carbocycles. The summed E-state index contributed by atoms with van der Waals surface area (Å²) >= 11 is 0. The van der Waals surface area contributed by atoms with Gasteiger partial charge in [-0.25, -0.2) is 9.96 Å². The predicted octanol–water partition coefficient (Wildman–Crippen LogP) is 4.16. The maximum absolute atomic E-state index is 14.0. The molecular formula is C28H28N2O7. The third-order valence-electron chi connectivity index (χ3n) is 6.59. The van der Waals surface area contributed by atoms with Gasteiger partial charge in [-0.15, -0.1) is 0 Å². The minimum Gasteiger partial charge on any atom is -0.493 e. The van der Waals surface area contributed by atoms with Gasteiger partial charge in [-0.1, -0.05) is 30.3 Å². The standard InChI is InChI=1S/C28H28N2O7/c1-5-36-20-14-10-9-13-19(20)29-27(31)22-23(18-15-16-21(33-2)25(35-4)24(18)34-3)30(37-26(22)28(29)32)17-11-7-6-8-12-17/h6-16,22-23,26H,5H2,1-4H3/t22-,23-,26-/m1/s1. The second-order valence-corrected chi connectivity index (χ2v) is 8.49. The van der Waals surface area contributed by atoms with Gasteiger partial charge in [0.15, 0.2) is 17.6 Å². The minimum absolute atomic E-state index is 0.384. The van der Waals surface area contributed by atoms with Crippen LogP contribution in [-0.4, -0.2) is 45.9 Å². The number of methoxy groups -OCH3 is 3. The van der Waals surface area contributed by atoms with Crippen molar-refractivity contribution in [2.75, 3.05) is 37.9 Å². The molecule has 2 heterocycles. The molecule has 2 aliphatic heterocycles. The Morgan fingerprint density at radius 2 is 1.49 bits per heavy atom. The van der Waals surface area contributed by atoms with E-state index in [1.54, 1.807) is 41.5 Å². The van der Waals surface area contributed by atoms with Crippen molar-refractivity contribution in [1.82, 2.24) is 0 Å². The zero-order valence-corrected chi connectivity index (χ0v) is 21.0. The highest BCUT2D eigenvalue weighted by atomic mass is 16.7. The molecule has 0 unspecified atom stereocenters. The van der Waals surface area contributed by atoms with Crippen LogP contribution in [0, 0.1) is 5.92 Å². The molecule has 3 aromatic carbocycles. The van der Waals surface area contributed by atoms with Gasteiger partial charge in [0, 0.05) is 5.56 Å². The van der Waals surface area contributed by atoms with Gasteiger partial charge in [-0.2, -0.15) is 0 Å². The first-order valence-corrected chi connectivity index (χ1v) is 11.9. The molecule has 0 saturated carbocycles. The van der Waals surface area contributed by atoms with E-state index >= 15 is 0 Å². The van der Waals surface area contributed by atoms with E-state index in [0.29, 0.717) is 46.5 Å².